The first-order chi connectivity index (χ1) is 16.3. The molecule has 4 rings (SSSR count). The van der Waals surface area contributed by atoms with E-state index in [9.17, 15) is 22.4 Å². The molecule has 1 N–H and O–H groups in total. The van der Waals surface area contributed by atoms with Gasteiger partial charge in [0.15, 0.2) is 5.13 Å². The molecule has 184 valence electrons. The van der Waals surface area contributed by atoms with E-state index in [2.05, 4.69) is 10.3 Å². The van der Waals surface area contributed by atoms with Gasteiger partial charge in [0.2, 0.25) is 21.8 Å². The van der Waals surface area contributed by atoms with Crippen LogP contribution in [-0.2, 0) is 25.4 Å². The maximum Gasteiger partial charge on any atom is 0.248 e. The molecule has 1 unspecified atom stereocenters. The smallest absolute Gasteiger partial charge is 0.248 e. The standard InChI is InChI=1S/C23H29FN4O4S2/c24-19-8-6-18(7-9-19)16-34(31,32)27-11-12-28(21(29)15-27)20(14-17-4-2-1-3-5-17)22(30)26-23-25-10-13-33-23/h6-10,13,17,20H,1-5,11-12,14-16H2,(H,25,26,30). The van der Waals surface area contributed by atoms with Crippen LogP contribution in [0.15, 0.2) is 35.8 Å². The van der Waals surface area contributed by atoms with Crippen LogP contribution in [0.3, 0.4) is 0 Å². The van der Waals surface area contributed by atoms with E-state index >= 15 is 0 Å². The van der Waals surface area contributed by atoms with Crippen LogP contribution in [0.5, 0.6) is 0 Å². The van der Waals surface area contributed by atoms with Crippen LogP contribution in [0, 0.1) is 11.7 Å². The van der Waals surface area contributed by atoms with E-state index in [1.807, 2.05) is 0 Å². The number of halogens is 1. The van der Waals surface area contributed by atoms with Crippen molar-refractivity contribution in [1.82, 2.24) is 14.2 Å². The van der Waals surface area contributed by atoms with Crippen LogP contribution < -0.4 is 5.32 Å². The second kappa shape index (κ2) is 10.9. The van der Waals surface area contributed by atoms with Crippen molar-refractivity contribution in [3.63, 3.8) is 0 Å². The largest absolute Gasteiger partial charge is 0.328 e. The van der Waals surface area contributed by atoms with Crippen molar-refractivity contribution in [2.24, 2.45) is 5.92 Å². The number of amides is 2. The fraction of sp³-hybridized carbons (Fsp3) is 0.522. The molecule has 11 heteroatoms. The summed E-state index contributed by atoms with van der Waals surface area (Å²) >= 11 is 1.31. The Hall–Kier alpha value is -2.37. The Morgan fingerprint density at radius 3 is 2.56 bits per heavy atom. The van der Waals surface area contributed by atoms with Crippen LogP contribution in [0.4, 0.5) is 9.52 Å². The zero-order valence-corrected chi connectivity index (χ0v) is 20.5. The fourth-order valence-electron chi connectivity index (χ4n) is 4.70. The molecule has 0 radical (unpaired) electrons. The highest BCUT2D eigenvalue weighted by Crippen LogP contribution is 2.30. The Morgan fingerprint density at radius 1 is 1.18 bits per heavy atom. The topological polar surface area (TPSA) is 99.7 Å². The first-order valence-corrected chi connectivity index (χ1v) is 14.0. The molecule has 1 aliphatic carbocycles. The molecule has 1 atom stereocenters. The van der Waals surface area contributed by atoms with Gasteiger partial charge < -0.3 is 10.2 Å². The molecule has 1 saturated heterocycles. The van der Waals surface area contributed by atoms with Crippen molar-refractivity contribution >= 4 is 38.3 Å². The number of rotatable bonds is 8. The summed E-state index contributed by atoms with van der Waals surface area (Å²) in [5.74, 6) is -1.06. The molecule has 2 fully saturated rings. The van der Waals surface area contributed by atoms with Crippen LogP contribution in [-0.4, -0.2) is 60.1 Å². The van der Waals surface area contributed by atoms with Gasteiger partial charge in [-0.2, -0.15) is 4.31 Å². The highest BCUT2D eigenvalue weighted by Gasteiger charge is 2.38. The quantitative estimate of drug-likeness (QED) is 0.590. The van der Waals surface area contributed by atoms with Gasteiger partial charge in [0.05, 0.1) is 12.3 Å². The number of carbonyl (C=O) groups is 2. The Morgan fingerprint density at radius 2 is 1.91 bits per heavy atom. The van der Waals surface area contributed by atoms with Crippen molar-refractivity contribution in [1.29, 1.82) is 0 Å². The molecule has 34 heavy (non-hydrogen) atoms. The third kappa shape index (κ3) is 6.19. The summed E-state index contributed by atoms with van der Waals surface area (Å²) in [4.78, 5) is 31.9. The maximum absolute atomic E-state index is 13.2. The van der Waals surface area contributed by atoms with Crippen molar-refractivity contribution in [2.75, 3.05) is 25.0 Å². The number of carbonyl (C=O) groups excluding carboxylic acids is 2. The maximum atomic E-state index is 13.2. The van der Waals surface area contributed by atoms with E-state index in [1.54, 1.807) is 11.6 Å². The molecule has 0 spiro atoms. The normalized spacial score (nSPS) is 19.2. The van der Waals surface area contributed by atoms with E-state index in [-0.39, 0.29) is 37.2 Å². The summed E-state index contributed by atoms with van der Waals surface area (Å²) in [5.41, 5.74) is 0.453. The first kappa shape index (κ1) is 24.7. The van der Waals surface area contributed by atoms with E-state index in [1.165, 1.54) is 46.9 Å². The predicted octanol–water partition coefficient (Wildman–Crippen LogP) is 3.23. The fourth-order valence-corrected chi connectivity index (χ4v) is 6.70. The summed E-state index contributed by atoms with van der Waals surface area (Å²) in [7, 11) is -3.77. The summed E-state index contributed by atoms with van der Waals surface area (Å²) < 4.78 is 40.1. The number of hydrogen-bond acceptors (Lipinski definition) is 6. The molecule has 1 aromatic carbocycles. The van der Waals surface area contributed by atoms with Crippen LogP contribution in [0.2, 0.25) is 0 Å². The lowest BCUT2D eigenvalue weighted by Crippen LogP contribution is -2.58. The Bertz CT molecular complexity index is 1090. The summed E-state index contributed by atoms with van der Waals surface area (Å²) in [5, 5.41) is 5.06. The first-order valence-electron chi connectivity index (χ1n) is 11.5. The van der Waals surface area contributed by atoms with Gasteiger partial charge in [-0.3, -0.25) is 9.59 Å². The molecule has 1 saturated carbocycles. The van der Waals surface area contributed by atoms with Gasteiger partial charge >= 0.3 is 0 Å². The van der Waals surface area contributed by atoms with Gasteiger partial charge in [0.25, 0.3) is 0 Å². The number of sulfonamides is 1. The second-order valence-corrected chi connectivity index (χ2v) is 11.7. The number of hydrogen-bond donors (Lipinski definition) is 1. The lowest BCUT2D eigenvalue weighted by molar-refractivity contribution is -0.142. The zero-order chi connectivity index (χ0) is 24.1. The number of aromatic nitrogens is 1. The molecule has 2 amide bonds. The van der Waals surface area contributed by atoms with Crippen molar-refractivity contribution in [3.8, 4) is 0 Å². The average molecular weight is 509 g/mol. The van der Waals surface area contributed by atoms with Crippen LogP contribution >= 0.6 is 11.3 Å². The number of nitrogens with one attached hydrogen (secondary N) is 1. The van der Waals surface area contributed by atoms with E-state index in [0.717, 1.165) is 30.0 Å². The highest BCUT2D eigenvalue weighted by molar-refractivity contribution is 7.88. The van der Waals surface area contributed by atoms with Crippen molar-refractivity contribution in [3.05, 3.63) is 47.2 Å². The molecule has 0 bridgehead atoms. The number of piperazine rings is 1. The second-order valence-electron chi connectivity index (χ2n) is 8.89. The summed E-state index contributed by atoms with van der Waals surface area (Å²) in [6.07, 6.45) is 7.65. The lowest BCUT2D eigenvalue weighted by atomic mass is 9.84. The molecule has 2 heterocycles. The minimum atomic E-state index is -3.77. The molecule has 1 aliphatic heterocycles. The Labute approximate surface area is 203 Å². The number of thiazole rings is 1. The molecule has 8 nitrogen and oxygen atoms in total. The van der Waals surface area contributed by atoms with E-state index in [4.69, 9.17) is 0 Å². The number of anilines is 1. The Balaban J connectivity index is 1.45. The van der Waals surface area contributed by atoms with Crippen LogP contribution in [0.25, 0.3) is 0 Å². The van der Waals surface area contributed by atoms with Crippen molar-refractivity contribution < 1.29 is 22.4 Å². The summed E-state index contributed by atoms with van der Waals surface area (Å²) in [6, 6.07) is 4.61. The third-order valence-electron chi connectivity index (χ3n) is 6.50. The molecule has 2 aromatic rings. The van der Waals surface area contributed by atoms with Crippen molar-refractivity contribution in [2.45, 2.75) is 50.3 Å². The van der Waals surface area contributed by atoms with Gasteiger partial charge in [-0.1, -0.05) is 44.2 Å². The molecular formula is C23H29FN4O4S2. The molecular weight excluding hydrogens is 479 g/mol. The highest BCUT2D eigenvalue weighted by atomic mass is 32.2. The third-order valence-corrected chi connectivity index (χ3v) is 8.99. The van der Waals surface area contributed by atoms with Gasteiger partial charge in [-0.25, -0.2) is 17.8 Å². The Kier molecular flexibility index (Phi) is 7.95. The van der Waals surface area contributed by atoms with Gasteiger partial charge in [-0.15, -0.1) is 11.3 Å². The average Bonchev–Trinajstić information content (AvgIpc) is 3.33. The van der Waals surface area contributed by atoms with E-state index in [0.29, 0.717) is 23.0 Å². The minimum absolute atomic E-state index is 0.112. The van der Waals surface area contributed by atoms with Crippen LogP contribution in [0.1, 0.15) is 44.1 Å². The van der Waals surface area contributed by atoms with Gasteiger partial charge in [-0.05, 0) is 30.0 Å². The lowest BCUT2D eigenvalue weighted by Gasteiger charge is -2.39. The van der Waals surface area contributed by atoms with Gasteiger partial charge in [0.1, 0.15) is 11.9 Å². The molecule has 2 aliphatic rings. The predicted molar refractivity (Wildman–Crippen MR) is 128 cm³/mol. The zero-order valence-electron chi connectivity index (χ0n) is 18.9. The summed E-state index contributed by atoms with van der Waals surface area (Å²) in [6.45, 7) is -0.0552. The van der Waals surface area contributed by atoms with Gasteiger partial charge in [0, 0.05) is 24.7 Å². The van der Waals surface area contributed by atoms with E-state index < -0.39 is 21.9 Å². The number of nitrogens with zero attached hydrogens (tertiary/aromatic N) is 3. The monoisotopic (exact) mass is 508 g/mol. The molecule has 1 aromatic heterocycles. The number of benzene rings is 1. The SMILES string of the molecule is O=C(Nc1nccs1)C(CC1CCCCC1)N1CCN(S(=O)(=O)Cc2ccc(F)cc2)CC1=O. The minimum Gasteiger partial charge on any atom is -0.328 e.